The van der Waals surface area contributed by atoms with E-state index in [9.17, 15) is 0 Å². The van der Waals surface area contributed by atoms with Crippen LogP contribution in [0.1, 0.15) is 19.8 Å². The Kier molecular flexibility index (Phi) is 1.88. The zero-order chi connectivity index (χ0) is 8.84. The van der Waals surface area contributed by atoms with E-state index >= 15 is 0 Å². The Morgan fingerprint density at radius 3 is 2.23 bits per heavy atom. The number of likely N-dealkylation sites (tertiary alicyclic amines) is 1. The maximum atomic E-state index is 3.50. The number of hydrogen-bond acceptors (Lipinski definition) is 2. The van der Waals surface area contributed by atoms with Crippen molar-refractivity contribution in [1.29, 1.82) is 0 Å². The smallest absolute Gasteiger partial charge is 0.0101 e. The van der Waals surface area contributed by atoms with Gasteiger partial charge in [-0.15, -0.1) is 0 Å². The van der Waals surface area contributed by atoms with Gasteiger partial charge in [0.15, 0.2) is 0 Å². The van der Waals surface area contributed by atoms with Crippen LogP contribution in [0.2, 0.25) is 0 Å². The lowest BCUT2D eigenvalue weighted by atomic mass is 9.81. The number of fused-ring (bicyclic) bond motifs is 1. The van der Waals surface area contributed by atoms with Gasteiger partial charge in [0.1, 0.15) is 0 Å². The molecule has 0 aromatic heterocycles. The van der Waals surface area contributed by atoms with E-state index in [-0.39, 0.29) is 0 Å². The van der Waals surface area contributed by atoms with Gasteiger partial charge in [-0.05, 0) is 43.7 Å². The molecule has 1 aliphatic carbocycles. The van der Waals surface area contributed by atoms with Gasteiger partial charge in [-0.3, -0.25) is 4.90 Å². The first kappa shape index (κ1) is 8.25. The van der Waals surface area contributed by atoms with Crippen molar-refractivity contribution >= 4 is 0 Å². The highest BCUT2D eigenvalue weighted by molar-refractivity contribution is 4.96. The summed E-state index contributed by atoms with van der Waals surface area (Å²) >= 11 is 0. The first-order valence-corrected chi connectivity index (χ1v) is 5.77. The maximum absolute atomic E-state index is 3.50. The third-order valence-corrected chi connectivity index (χ3v) is 4.28. The van der Waals surface area contributed by atoms with E-state index < -0.39 is 0 Å². The highest BCUT2D eigenvalue weighted by atomic mass is 15.2. The molecule has 3 fully saturated rings. The summed E-state index contributed by atoms with van der Waals surface area (Å²) in [5, 5.41) is 3.50. The Hall–Kier alpha value is -0.0800. The highest BCUT2D eigenvalue weighted by Crippen LogP contribution is 2.36. The van der Waals surface area contributed by atoms with Crippen LogP contribution in [0.15, 0.2) is 0 Å². The maximum Gasteiger partial charge on any atom is 0.0101 e. The van der Waals surface area contributed by atoms with Crippen molar-refractivity contribution in [2.75, 3.05) is 26.2 Å². The predicted molar refractivity (Wildman–Crippen MR) is 53.6 cm³/mol. The summed E-state index contributed by atoms with van der Waals surface area (Å²) in [5.41, 5.74) is 0. The molecular formula is C11H20N2. The zero-order valence-electron chi connectivity index (χ0n) is 8.50. The molecule has 0 spiro atoms. The second-order valence-corrected chi connectivity index (χ2v) is 5.36. The van der Waals surface area contributed by atoms with E-state index in [2.05, 4.69) is 17.1 Å². The van der Waals surface area contributed by atoms with E-state index in [0.29, 0.717) is 0 Å². The normalized spacial score (nSPS) is 50.5. The topological polar surface area (TPSA) is 15.3 Å². The third kappa shape index (κ3) is 1.31. The summed E-state index contributed by atoms with van der Waals surface area (Å²) in [7, 11) is 0. The van der Waals surface area contributed by atoms with Crippen molar-refractivity contribution in [2.45, 2.75) is 25.8 Å². The molecule has 2 heteroatoms. The van der Waals surface area contributed by atoms with E-state index in [1.54, 1.807) is 0 Å². The summed E-state index contributed by atoms with van der Waals surface area (Å²) < 4.78 is 0. The van der Waals surface area contributed by atoms with Crippen molar-refractivity contribution in [2.24, 2.45) is 17.8 Å². The van der Waals surface area contributed by atoms with Crippen LogP contribution in [0, 0.1) is 17.8 Å². The van der Waals surface area contributed by atoms with Crippen molar-refractivity contribution in [3.63, 3.8) is 0 Å². The molecule has 0 unspecified atom stereocenters. The SMILES string of the molecule is CC1CC(N2C[C@H]3CNC[C@H]3C2)C1. The first-order chi connectivity index (χ1) is 6.33. The lowest BCUT2D eigenvalue weighted by molar-refractivity contribution is 0.102. The summed E-state index contributed by atoms with van der Waals surface area (Å²) in [5.74, 6) is 2.97. The fourth-order valence-electron chi connectivity index (χ4n) is 3.35. The molecule has 13 heavy (non-hydrogen) atoms. The average molecular weight is 180 g/mol. The summed E-state index contributed by atoms with van der Waals surface area (Å²) in [4.78, 5) is 2.76. The van der Waals surface area contributed by atoms with E-state index in [0.717, 1.165) is 23.8 Å². The molecule has 74 valence electrons. The van der Waals surface area contributed by atoms with E-state index in [1.807, 2.05) is 0 Å². The predicted octanol–water partition coefficient (Wildman–Crippen LogP) is 0.936. The van der Waals surface area contributed by atoms with Crippen molar-refractivity contribution < 1.29 is 0 Å². The van der Waals surface area contributed by atoms with Crippen molar-refractivity contribution in [3.05, 3.63) is 0 Å². The molecule has 2 saturated heterocycles. The molecule has 2 aliphatic heterocycles. The Morgan fingerprint density at radius 1 is 1.08 bits per heavy atom. The number of rotatable bonds is 1. The molecule has 0 amide bonds. The Balaban J connectivity index is 1.58. The van der Waals surface area contributed by atoms with Crippen LogP contribution in [0.3, 0.4) is 0 Å². The van der Waals surface area contributed by atoms with Gasteiger partial charge in [0.25, 0.3) is 0 Å². The minimum absolute atomic E-state index is 0.959. The molecule has 2 heterocycles. The van der Waals surface area contributed by atoms with E-state index in [1.165, 1.54) is 39.0 Å². The van der Waals surface area contributed by atoms with E-state index in [4.69, 9.17) is 0 Å². The molecule has 3 aliphatic rings. The Labute approximate surface area is 80.7 Å². The van der Waals surface area contributed by atoms with Gasteiger partial charge < -0.3 is 5.32 Å². The molecule has 1 saturated carbocycles. The fraction of sp³-hybridized carbons (Fsp3) is 1.00. The van der Waals surface area contributed by atoms with Gasteiger partial charge in [0.05, 0.1) is 0 Å². The van der Waals surface area contributed by atoms with Crippen LogP contribution in [0.4, 0.5) is 0 Å². The average Bonchev–Trinajstić information content (AvgIpc) is 2.55. The zero-order valence-corrected chi connectivity index (χ0v) is 8.50. The fourth-order valence-corrected chi connectivity index (χ4v) is 3.35. The minimum Gasteiger partial charge on any atom is -0.316 e. The lowest BCUT2D eigenvalue weighted by Crippen LogP contribution is -2.43. The Morgan fingerprint density at radius 2 is 1.69 bits per heavy atom. The largest absolute Gasteiger partial charge is 0.316 e. The van der Waals surface area contributed by atoms with Gasteiger partial charge in [0, 0.05) is 19.1 Å². The lowest BCUT2D eigenvalue weighted by Gasteiger charge is -2.40. The quantitative estimate of drug-likeness (QED) is 0.646. The highest BCUT2D eigenvalue weighted by Gasteiger charge is 2.41. The monoisotopic (exact) mass is 180 g/mol. The van der Waals surface area contributed by atoms with Crippen molar-refractivity contribution in [3.8, 4) is 0 Å². The summed E-state index contributed by atoms with van der Waals surface area (Å²) in [6.45, 7) is 7.71. The number of nitrogens with zero attached hydrogens (tertiary/aromatic N) is 1. The molecule has 2 nitrogen and oxygen atoms in total. The van der Waals surface area contributed by atoms with Crippen LogP contribution in [-0.4, -0.2) is 37.1 Å². The van der Waals surface area contributed by atoms with Crippen molar-refractivity contribution in [1.82, 2.24) is 10.2 Å². The minimum atomic E-state index is 0.959. The molecule has 2 atom stereocenters. The Bertz CT molecular complexity index is 186. The molecule has 0 aromatic rings. The number of nitrogens with one attached hydrogen (secondary N) is 1. The van der Waals surface area contributed by atoms with Gasteiger partial charge in [-0.25, -0.2) is 0 Å². The van der Waals surface area contributed by atoms with Gasteiger partial charge in [-0.2, -0.15) is 0 Å². The summed E-state index contributed by atoms with van der Waals surface area (Å²) in [6, 6.07) is 0.959. The number of hydrogen-bond donors (Lipinski definition) is 1. The second kappa shape index (κ2) is 2.96. The molecule has 0 radical (unpaired) electrons. The van der Waals surface area contributed by atoms with Gasteiger partial charge in [-0.1, -0.05) is 6.92 Å². The van der Waals surface area contributed by atoms with Crippen LogP contribution in [0.25, 0.3) is 0 Å². The molecule has 1 N–H and O–H groups in total. The van der Waals surface area contributed by atoms with Gasteiger partial charge >= 0.3 is 0 Å². The summed E-state index contributed by atoms with van der Waals surface area (Å²) in [6.07, 6.45) is 2.93. The first-order valence-electron chi connectivity index (χ1n) is 5.77. The molecule has 0 bridgehead atoms. The third-order valence-electron chi connectivity index (χ3n) is 4.28. The van der Waals surface area contributed by atoms with Crippen LogP contribution in [0.5, 0.6) is 0 Å². The second-order valence-electron chi connectivity index (χ2n) is 5.36. The van der Waals surface area contributed by atoms with Crippen LogP contribution in [-0.2, 0) is 0 Å². The van der Waals surface area contributed by atoms with Gasteiger partial charge in [0.2, 0.25) is 0 Å². The van der Waals surface area contributed by atoms with Crippen LogP contribution < -0.4 is 5.32 Å². The van der Waals surface area contributed by atoms with Crippen LogP contribution >= 0.6 is 0 Å². The standard InChI is InChI=1S/C11H20N2/c1-8-2-11(3-8)13-6-9-4-12-5-10(9)7-13/h8-12H,2-7H2,1H3/t8?,9-,10+,11?. The molecular weight excluding hydrogens is 160 g/mol. The molecule has 0 aromatic carbocycles. The molecule has 3 rings (SSSR count).